The third kappa shape index (κ3) is 3.07. The number of fused-ring (bicyclic) bond motifs is 2. The van der Waals surface area contributed by atoms with E-state index < -0.39 is 11.7 Å². The first-order valence-corrected chi connectivity index (χ1v) is 10.3. The number of anilines is 2. The van der Waals surface area contributed by atoms with Crippen molar-refractivity contribution in [1.82, 2.24) is 9.88 Å². The zero-order chi connectivity index (χ0) is 21.6. The summed E-state index contributed by atoms with van der Waals surface area (Å²) < 4.78 is 15.4. The lowest BCUT2D eigenvalue weighted by Gasteiger charge is -2.35. The summed E-state index contributed by atoms with van der Waals surface area (Å²) in [7, 11) is 3.09. The molecule has 1 spiro atoms. The number of nitrogens with zero attached hydrogens (tertiary/aromatic N) is 3. The van der Waals surface area contributed by atoms with Gasteiger partial charge in [-0.2, -0.15) is 5.26 Å². The molecule has 1 aromatic heterocycles. The number of hydrogen-bond acceptors (Lipinski definition) is 5. The van der Waals surface area contributed by atoms with Gasteiger partial charge in [0, 0.05) is 60.5 Å². The summed E-state index contributed by atoms with van der Waals surface area (Å²) in [6.07, 6.45) is 4.79. The van der Waals surface area contributed by atoms with E-state index in [1.54, 1.807) is 14.1 Å². The normalized spacial score (nSPS) is 22.3. The van der Waals surface area contributed by atoms with Gasteiger partial charge in [0.15, 0.2) is 0 Å². The Morgan fingerprint density at radius 1 is 1.37 bits per heavy atom. The molecule has 1 aliphatic heterocycles. The van der Waals surface area contributed by atoms with Crippen molar-refractivity contribution in [3.63, 3.8) is 0 Å². The summed E-state index contributed by atoms with van der Waals surface area (Å²) in [6, 6.07) is 5.41. The second kappa shape index (κ2) is 7.44. The zero-order valence-corrected chi connectivity index (χ0v) is 17.7. The van der Waals surface area contributed by atoms with Crippen molar-refractivity contribution in [3.05, 3.63) is 40.3 Å². The van der Waals surface area contributed by atoms with E-state index in [2.05, 4.69) is 16.4 Å². The number of pyridine rings is 1. The van der Waals surface area contributed by atoms with Gasteiger partial charge in [-0.3, -0.25) is 4.79 Å². The Bertz CT molecular complexity index is 1070. The first-order chi connectivity index (χ1) is 14.3. The van der Waals surface area contributed by atoms with E-state index in [9.17, 15) is 10.1 Å². The number of rotatable bonds is 2. The lowest BCUT2D eigenvalue weighted by Crippen LogP contribution is -2.33. The van der Waals surface area contributed by atoms with Crippen LogP contribution in [-0.4, -0.2) is 36.4 Å². The monoisotopic (exact) mass is 427 g/mol. The summed E-state index contributed by atoms with van der Waals surface area (Å²) in [6.45, 7) is 0.700. The minimum Gasteiger partial charge on any atom is -0.398 e. The first kappa shape index (κ1) is 20.4. The van der Waals surface area contributed by atoms with E-state index in [-0.39, 0.29) is 28.1 Å². The quantitative estimate of drug-likeness (QED) is 0.700. The van der Waals surface area contributed by atoms with Gasteiger partial charge in [-0.1, -0.05) is 11.6 Å². The Kier molecular flexibility index (Phi) is 5.07. The van der Waals surface area contributed by atoms with E-state index in [1.807, 2.05) is 0 Å². The van der Waals surface area contributed by atoms with E-state index in [4.69, 9.17) is 17.3 Å². The van der Waals surface area contributed by atoms with Crippen LogP contribution in [-0.2, 0) is 5.41 Å². The highest BCUT2D eigenvalue weighted by molar-refractivity contribution is 6.34. The van der Waals surface area contributed by atoms with Gasteiger partial charge in [0.05, 0.1) is 16.7 Å². The first-order valence-electron chi connectivity index (χ1n) is 9.91. The number of halogens is 2. The molecule has 0 unspecified atom stereocenters. The molecule has 1 saturated carbocycles. The molecular formula is C22H23ClFN5O. The molecule has 2 aromatic rings. The predicted octanol–water partition coefficient (Wildman–Crippen LogP) is 4.20. The molecule has 0 atom stereocenters. The maximum absolute atomic E-state index is 15.4. The Morgan fingerprint density at radius 2 is 2.07 bits per heavy atom. The average molecular weight is 428 g/mol. The summed E-state index contributed by atoms with van der Waals surface area (Å²) in [5.41, 5.74) is 7.11. The number of amides is 1. The number of hydrogen-bond donors (Lipinski definition) is 2. The lowest BCUT2D eigenvalue weighted by molar-refractivity contribution is 0.0824. The van der Waals surface area contributed by atoms with Gasteiger partial charge in [0.2, 0.25) is 0 Å². The van der Waals surface area contributed by atoms with Crippen LogP contribution in [0.1, 0.15) is 41.6 Å². The maximum atomic E-state index is 15.4. The highest BCUT2D eigenvalue weighted by atomic mass is 35.5. The predicted molar refractivity (Wildman–Crippen MR) is 115 cm³/mol. The molecule has 0 bridgehead atoms. The maximum Gasteiger partial charge on any atom is 0.258 e. The molecule has 2 heterocycles. The number of nitrogens with two attached hydrogens (primary N) is 1. The van der Waals surface area contributed by atoms with Crippen molar-refractivity contribution < 1.29 is 9.18 Å². The van der Waals surface area contributed by atoms with E-state index in [0.717, 1.165) is 31.2 Å². The second-order valence-corrected chi connectivity index (χ2v) is 8.72. The van der Waals surface area contributed by atoms with Gasteiger partial charge in [0.1, 0.15) is 11.6 Å². The molecular weight excluding hydrogens is 405 g/mol. The van der Waals surface area contributed by atoms with E-state index in [0.29, 0.717) is 22.9 Å². The number of carbonyl (C=O) groups is 1. The van der Waals surface area contributed by atoms with Crippen LogP contribution >= 0.6 is 11.6 Å². The van der Waals surface area contributed by atoms with E-state index >= 15 is 4.39 Å². The fourth-order valence-electron chi connectivity index (χ4n) is 4.60. The molecule has 3 N–H and O–H groups in total. The lowest BCUT2D eigenvalue weighted by atomic mass is 9.68. The number of carbonyl (C=O) groups excluding carboxylic acids is 1. The minimum atomic E-state index is -0.703. The molecule has 1 fully saturated rings. The van der Waals surface area contributed by atoms with Crippen molar-refractivity contribution in [2.45, 2.75) is 31.1 Å². The highest BCUT2D eigenvalue weighted by Gasteiger charge is 2.44. The second-order valence-electron chi connectivity index (χ2n) is 8.34. The van der Waals surface area contributed by atoms with Gasteiger partial charge in [-0.05, 0) is 37.8 Å². The van der Waals surface area contributed by atoms with Crippen molar-refractivity contribution >= 4 is 29.0 Å². The Hall–Kier alpha value is -2.85. The zero-order valence-electron chi connectivity index (χ0n) is 16.9. The van der Waals surface area contributed by atoms with E-state index in [1.165, 1.54) is 23.2 Å². The van der Waals surface area contributed by atoms with Gasteiger partial charge in [0.25, 0.3) is 5.91 Å². The van der Waals surface area contributed by atoms with Crippen LogP contribution in [0.2, 0.25) is 5.02 Å². The molecule has 30 heavy (non-hydrogen) atoms. The van der Waals surface area contributed by atoms with Crippen molar-refractivity contribution in [2.75, 3.05) is 31.7 Å². The highest BCUT2D eigenvalue weighted by Crippen LogP contribution is 2.51. The number of nitriles is 1. The SMILES string of the molecule is CN(C)C(=O)c1c(N)ccc(-c2cnc3c(c2Cl)[C@]2(CC[C@H](C#N)CC2)CN3)c1F. The van der Waals surface area contributed by atoms with Crippen molar-refractivity contribution in [3.8, 4) is 17.2 Å². The molecule has 0 radical (unpaired) electrons. The number of nitrogens with one attached hydrogen (secondary N) is 1. The third-order valence-electron chi connectivity index (χ3n) is 6.35. The number of benzene rings is 1. The molecule has 156 valence electrons. The van der Waals surface area contributed by atoms with Gasteiger partial charge in [-0.25, -0.2) is 9.37 Å². The summed E-state index contributed by atoms with van der Waals surface area (Å²) in [5.74, 6) is -0.445. The third-order valence-corrected chi connectivity index (χ3v) is 6.74. The van der Waals surface area contributed by atoms with Crippen LogP contribution in [0.25, 0.3) is 11.1 Å². The van der Waals surface area contributed by atoms with Crippen LogP contribution in [0.15, 0.2) is 18.3 Å². The van der Waals surface area contributed by atoms with Crippen molar-refractivity contribution in [1.29, 1.82) is 5.26 Å². The molecule has 4 rings (SSSR count). The van der Waals surface area contributed by atoms with Crippen molar-refractivity contribution in [2.24, 2.45) is 5.92 Å². The molecule has 6 nitrogen and oxygen atoms in total. The van der Waals surface area contributed by atoms with Gasteiger partial charge in [-0.15, -0.1) is 0 Å². The van der Waals surface area contributed by atoms with Crippen LogP contribution < -0.4 is 11.1 Å². The van der Waals surface area contributed by atoms with Gasteiger partial charge >= 0.3 is 0 Å². The smallest absolute Gasteiger partial charge is 0.258 e. The van der Waals surface area contributed by atoms with Crippen LogP contribution in [0.3, 0.4) is 0 Å². The fourth-order valence-corrected chi connectivity index (χ4v) is 5.04. The van der Waals surface area contributed by atoms with Crippen LogP contribution in [0.5, 0.6) is 0 Å². The molecule has 1 aliphatic carbocycles. The Balaban J connectivity index is 1.83. The summed E-state index contributed by atoms with van der Waals surface area (Å²) in [4.78, 5) is 18.3. The summed E-state index contributed by atoms with van der Waals surface area (Å²) >= 11 is 6.85. The average Bonchev–Trinajstić information content (AvgIpc) is 3.08. The fraction of sp³-hybridized carbons (Fsp3) is 0.409. The Labute approximate surface area is 179 Å². The standard InChI is InChI=1S/C22H23ClFN5O/c1-29(2)21(30)16-15(26)4-3-13(19(16)24)14-10-27-20-17(18(14)23)22(11-28-20)7-5-12(9-25)6-8-22/h3-4,10,12H,5-8,11,26H2,1-2H3,(H,27,28)/t12-,22-. The summed E-state index contributed by atoms with van der Waals surface area (Å²) in [5, 5.41) is 13.0. The Morgan fingerprint density at radius 3 is 2.70 bits per heavy atom. The minimum absolute atomic E-state index is 0.0590. The van der Waals surface area contributed by atoms with Gasteiger partial charge < -0.3 is 16.0 Å². The molecule has 1 amide bonds. The van der Waals surface area contributed by atoms with Crippen LogP contribution in [0, 0.1) is 23.1 Å². The largest absolute Gasteiger partial charge is 0.398 e. The molecule has 8 heteroatoms. The molecule has 1 aromatic carbocycles. The number of aromatic nitrogens is 1. The van der Waals surface area contributed by atoms with Crippen LogP contribution in [0.4, 0.5) is 15.9 Å². The molecule has 0 saturated heterocycles. The molecule has 2 aliphatic rings. The topological polar surface area (TPSA) is 95.0 Å². The number of nitrogen functional groups attached to an aromatic ring is 1.